The van der Waals surface area contributed by atoms with Gasteiger partial charge in [0.15, 0.2) is 0 Å². The Balaban J connectivity index is 1.78. The molecule has 1 amide bonds. The Hall–Kier alpha value is -2.41. The van der Waals surface area contributed by atoms with Crippen molar-refractivity contribution in [1.82, 2.24) is 20.4 Å². The van der Waals surface area contributed by atoms with Crippen molar-refractivity contribution in [3.63, 3.8) is 0 Å². The summed E-state index contributed by atoms with van der Waals surface area (Å²) in [7, 11) is 3.43. The zero-order chi connectivity index (χ0) is 16.8. The van der Waals surface area contributed by atoms with E-state index in [0.717, 1.165) is 11.3 Å². The number of hydrogen-bond acceptors (Lipinski definition) is 4. The van der Waals surface area contributed by atoms with Gasteiger partial charge in [0.2, 0.25) is 5.88 Å². The first-order valence-corrected chi connectivity index (χ1v) is 7.34. The number of hydrogen-bond donors (Lipinski definition) is 2. The summed E-state index contributed by atoms with van der Waals surface area (Å²) in [4.78, 5) is 11.8. The van der Waals surface area contributed by atoms with Crippen LogP contribution in [0.1, 0.15) is 21.6 Å². The number of benzene rings is 1. The Labute approximate surface area is 134 Å². The molecule has 0 radical (unpaired) electrons. The molecule has 0 saturated heterocycles. The molecule has 0 bridgehead atoms. The van der Waals surface area contributed by atoms with Crippen molar-refractivity contribution in [2.75, 3.05) is 20.2 Å². The molecule has 7 heteroatoms. The van der Waals surface area contributed by atoms with Crippen LogP contribution in [0.3, 0.4) is 0 Å². The van der Waals surface area contributed by atoms with Crippen LogP contribution >= 0.6 is 0 Å². The summed E-state index contributed by atoms with van der Waals surface area (Å²) in [6, 6.07) is 5.91. The van der Waals surface area contributed by atoms with E-state index in [-0.39, 0.29) is 5.56 Å². The van der Waals surface area contributed by atoms with Gasteiger partial charge in [0.05, 0.1) is 23.9 Å². The van der Waals surface area contributed by atoms with Crippen LogP contribution in [0.2, 0.25) is 0 Å². The van der Waals surface area contributed by atoms with Crippen LogP contribution < -0.4 is 15.4 Å². The van der Waals surface area contributed by atoms with Gasteiger partial charge in [-0.05, 0) is 19.1 Å². The zero-order valence-electron chi connectivity index (χ0n) is 13.5. The fourth-order valence-electron chi connectivity index (χ4n) is 2.36. The number of carbonyl (C=O) groups excluding carboxylic acids is 1. The van der Waals surface area contributed by atoms with Crippen molar-refractivity contribution < 1.29 is 13.9 Å². The Kier molecular flexibility index (Phi) is 5.70. The third kappa shape index (κ3) is 4.07. The normalized spacial score (nSPS) is 10.6. The highest BCUT2D eigenvalue weighted by molar-refractivity contribution is 5.94. The number of nitrogens with one attached hydrogen (secondary N) is 2. The maximum absolute atomic E-state index is 13.5. The fourth-order valence-corrected chi connectivity index (χ4v) is 2.36. The summed E-state index contributed by atoms with van der Waals surface area (Å²) in [6.45, 7) is 3.45. The molecule has 0 aliphatic carbocycles. The van der Waals surface area contributed by atoms with Gasteiger partial charge in [-0.2, -0.15) is 5.10 Å². The van der Waals surface area contributed by atoms with E-state index in [9.17, 15) is 9.18 Å². The first-order valence-electron chi connectivity index (χ1n) is 7.34. The average Bonchev–Trinajstić information content (AvgIpc) is 2.80. The summed E-state index contributed by atoms with van der Waals surface area (Å²) in [5.74, 6) is -0.223. The topological polar surface area (TPSA) is 68.2 Å². The highest BCUT2D eigenvalue weighted by atomic mass is 19.1. The first kappa shape index (κ1) is 17.0. The highest BCUT2D eigenvalue weighted by Gasteiger charge is 2.13. The van der Waals surface area contributed by atoms with Crippen LogP contribution in [-0.4, -0.2) is 35.9 Å². The zero-order valence-corrected chi connectivity index (χ0v) is 13.5. The van der Waals surface area contributed by atoms with Gasteiger partial charge in [0, 0.05) is 26.7 Å². The van der Waals surface area contributed by atoms with Gasteiger partial charge in [-0.1, -0.05) is 12.1 Å². The van der Waals surface area contributed by atoms with E-state index in [1.807, 2.05) is 14.0 Å². The van der Waals surface area contributed by atoms with Gasteiger partial charge in [-0.25, -0.2) is 9.07 Å². The second kappa shape index (κ2) is 7.73. The molecule has 0 unspecified atom stereocenters. The Morgan fingerprint density at radius 1 is 1.35 bits per heavy atom. The largest absolute Gasteiger partial charge is 0.481 e. The molecule has 2 rings (SSSR count). The monoisotopic (exact) mass is 320 g/mol. The molecule has 0 fully saturated rings. The molecule has 0 aliphatic heterocycles. The number of aromatic nitrogens is 2. The minimum absolute atomic E-state index is 0.0530. The van der Waals surface area contributed by atoms with Crippen molar-refractivity contribution >= 4 is 5.91 Å². The molecule has 1 heterocycles. The summed E-state index contributed by atoms with van der Waals surface area (Å²) < 4.78 is 20.5. The minimum Gasteiger partial charge on any atom is -0.481 e. The lowest BCUT2D eigenvalue weighted by atomic mass is 10.2. The molecule has 1 aromatic heterocycles. The Bertz CT molecular complexity index is 685. The quantitative estimate of drug-likeness (QED) is 0.757. The van der Waals surface area contributed by atoms with Gasteiger partial charge in [0.25, 0.3) is 5.91 Å². The molecule has 1 aromatic carbocycles. The standard InChI is InChI=1S/C16H21FN4O2/c1-11-13(16(23-3)21(2)20-11)10-18-8-9-19-15(22)12-6-4-5-7-14(12)17/h4-7,18H,8-10H2,1-3H3,(H,19,22). The van der Waals surface area contributed by atoms with Crippen molar-refractivity contribution in [3.05, 3.63) is 46.9 Å². The molecule has 23 heavy (non-hydrogen) atoms. The van der Waals surface area contributed by atoms with Crippen molar-refractivity contribution in [2.24, 2.45) is 7.05 Å². The molecule has 0 spiro atoms. The lowest BCUT2D eigenvalue weighted by Crippen LogP contribution is -2.32. The molecule has 124 valence electrons. The Morgan fingerprint density at radius 3 is 2.78 bits per heavy atom. The number of halogens is 1. The first-order chi connectivity index (χ1) is 11.0. The second-order valence-corrected chi connectivity index (χ2v) is 5.11. The molecular weight excluding hydrogens is 299 g/mol. The maximum atomic E-state index is 13.5. The minimum atomic E-state index is -0.520. The van der Waals surface area contributed by atoms with E-state index in [0.29, 0.717) is 25.5 Å². The predicted molar refractivity (Wildman–Crippen MR) is 84.9 cm³/mol. The van der Waals surface area contributed by atoms with Crippen LogP contribution in [0.5, 0.6) is 5.88 Å². The summed E-state index contributed by atoms with van der Waals surface area (Å²) in [5, 5.41) is 10.2. The van der Waals surface area contributed by atoms with Crippen LogP contribution in [-0.2, 0) is 13.6 Å². The summed E-state index contributed by atoms with van der Waals surface area (Å²) in [6.07, 6.45) is 0. The van der Waals surface area contributed by atoms with Crippen molar-refractivity contribution in [3.8, 4) is 5.88 Å². The molecule has 0 saturated carbocycles. The molecule has 6 nitrogen and oxygen atoms in total. The molecule has 0 atom stereocenters. The van der Waals surface area contributed by atoms with E-state index in [4.69, 9.17) is 4.74 Å². The molecule has 2 N–H and O–H groups in total. The van der Waals surface area contributed by atoms with E-state index < -0.39 is 11.7 Å². The van der Waals surface area contributed by atoms with Gasteiger partial charge in [0.1, 0.15) is 5.82 Å². The van der Waals surface area contributed by atoms with Crippen molar-refractivity contribution in [2.45, 2.75) is 13.5 Å². The van der Waals surface area contributed by atoms with Crippen molar-refractivity contribution in [1.29, 1.82) is 0 Å². The van der Waals surface area contributed by atoms with Crippen LogP contribution in [0.25, 0.3) is 0 Å². The van der Waals surface area contributed by atoms with Crippen LogP contribution in [0.15, 0.2) is 24.3 Å². The number of methoxy groups -OCH3 is 1. The number of ether oxygens (including phenoxy) is 1. The molecule has 2 aromatic rings. The van der Waals surface area contributed by atoms with E-state index in [1.165, 1.54) is 12.1 Å². The van der Waals surface area contributed by atoms with E-state index in [2.05, 4.69) is 15.7 Å². The average molecular weight is 320 g/mol. The van der Waals surface area contributed by atoms with Crippen LogP contribution in [0.4, 0.5) is 4.39 Å². The third-order valence-electron chi connectivity index (χ3n) is 3.49. The number of nitrogens with zero attached hydrogens (tertiary/aromatic N) is 2. The number of amides is 1. The van der Waals surface area contributed by atoms with E-state index >= 15 is 0 Å². The molecule has 0 aliphatic rings. The number of aryl methyl sites for hydroxylation is 2. The van der Waals surface area contributed by atoms with Crippen LogP contribution in [0, 0.1) is 12.7 Å². The lowest BCUT2D eigenvalue weighted by molar-refractivity contribution is 0.0950. The second-order valence-electron chi connectivity index (χ2n) is 5.11. The number of rotatable bonds is 7. The molecular formula is C16H21FN4O2. The van der Waals surface area contributed by atoms with Gasteiger partial charge < -0.3 is 15.4 Å². The Morgan fingerprint density at radius 2 is 2.09 bits per heavy atom. The lowest BCUT2D eigenvalue weighted by Gasteiger charge is -2.08. The SMILES string of the molecule is COc1c(CNCCNC(=O)c2ccccc2F)c(C)nn1C. The summed E-state index contributed by atoms with van der Waals surface area (Å²) in [5.41, 5.74) is 1.93. The fraction of sp³-hybridized carbons (Fsp3) is 0.375. The van der Waals surface area contributed by atoms with Gasteiger partial charge in [-0.15, -0.1) is 0 Å². The van der Waals surface area contributed by atoms with Gasteiger partial charge >= 0.3 is 0 Å². The predicted octanol–water partition coefficient (Wildman–Crippen LogP) is 1.40. The third-order valence-corrected chi connectivity index (χ3v) is 3.49. The smallest absolute Gasteiger partial charge is 0.254 e. The maximum Gasteiger partial charge on any atom is 0.254 e. The summed E-state index contributed by atoms with van der Waals surface area (Å²) >= 11 is 0. The highest BCUT2D eigenvalue weighted by Crippen LogP contribution is 2.20. The number of carbonyl (C=O) groups is 1. The van der Waals surface area contributed by atoms with E-state index in [1.54, 1.807) is 23.9 Å². The van der Waals surface area contributed by atoms with Gasteiger partial charge in [-0.3, -0.25) is 4.79 Å².